The van der Waals surface area contributed by atoms with Gasteiger partial charge in [-0.2, -0.15) is 0 Å². The lowest BCUT2D eigenvalue weighted by atomic mass is 10.1. The van der Waals surface area contributed by atoms with Gasteiger partial charge >= 0.3 is 0 Å². The molecule has 1 aromatic heterocycles. The summed E-state index contributed by atoms with van der Waals surface area (Å²) < 4.78 is 28.5. The summed E-state index contributed by atoms with van der Waals surface area (Å²) in [6.07, 6.45) is 0. The number of hydrogen-bond donors (Lipinski definition) is 2. The van der Waals surface area contributed by atoms with E-state index in [0.29, 0.717) is 23.6 Å². The van der Waals surface area contributed by atoms with Crippen molar-refractivity contribution >= 4 is 32.4 Å². The van der Waals surface area contributed by atoms with Crippen LogP contribution < -0.4 is 10.0 Å². The quantitative estimate of drug-likeness (QED) is 0.476. The number of nitrogens with one attached hydrogen (secondary N) is 2. The molecule has 0 unspecified atom stereocenters. The highest BCUT2D eigenvalue weighted by molar-refractivity contribution is 7.92. The van der Waals surface area contributed by atoms with E-state index in [1.165, 1.54) is 5.39 Å². The molecule has 4 aromatic rings. The summed E-state index contributed by atoms with van der Waals surface area (Å²) in [4.78, 5) is 8.50. The van der Waals surface area contributed by atoms with Crippen LogP contribution in [0.15, 0.2) is 77.7 Å². The number of fused-ring (bicyclic) bond motifs is 1. The minimum atomic E-state index is -3.85. The summed E-state index contributed by atoms with van der Waals surface area (Å²) in [7, 11) is -3.85. The Morgan fingerprint density at radius 3 is 2.23 bits per heavy atom. The largest absolute Gasteiger partial charge is 0.380 e. The molecule has 7 heteroatoms. The lowest BCUT2D eigenvalue weighted by Gasteiger charge is -2.14. The van der Waals surface area contributed by atoms with E-state index in [9.17, 15) is 8.42 Å². The maximum atomic E-state index is 13.0. The first-order valence-electron chi connectivity index (χ1n) is 9.56. The van der Waals surface area contributed by atoms with E-state index in [-0.39, 0.29) is 10.8 Å². The Balaban J connectivity index is 1.58. The lowest BCUT2D eigenvalue weighted by molar-refractivity contribution is 0.601. The molecule has 1 heterocycles. The van der Waals surface area contributed by atoms with Crippen molar-refractivity contribution in [2.75, 3.05) is 10.0 Å². The summed E-state index contributed by atoms with van der Waals surface area (Å²) in [5, 5.41) is 5.56. The molecule has 4 rings (SSSR count). The van der Waals surface area contributed by atoms with Gasteiger partial charge in [-0.3, -0.25) is 0 Å². The fraction of sp³-hybridized carbons (Fsp3) is 0.130. The Labute approximate surface area is 176 Å². The SMILES string of the molecule is Cc1cc(C)nc(NS(=O)(=O)c2ccccc2NCc2ccc3ccccc3c2)n1. The zero-order valence-corrected chi connectivity index (χ0v) is 17.6. The van der Waals surface area contributed by atoms with Crippen LogP contribution in [0.25, 0.3) is 10.8 Å². The molecule has 152 valence electrons. The Hall–Kier alpha value is -3.45. The Kier molecular flexibility index (Phi) is 5.37. The van der Waals surface area contributed by atoms with Crippen LogP contribution in [0.4, 0.5) is 11.6 Å². The number of hydrogen-bond acceptors (Lipinski definition) is 5. The molecule has 2 N–H and O–H groups in total. The molecule has 0 spiro atoms. The average molecular weight is 419 g/mol. The number of anilines is 2. The zero-order valence-electron chi connectivity index (χ0n) is 16.8. The monoisotopic (exact) mass is 418 g/mol. The second kappa shape index (κ2) is 8.12. The van der Waals surface area contributed by atoms with Crippen molar-refractivity contribution in [3.05, 3.63) is 89.7 Å². The third kappa shape index (κ3) is 4.41. The first-order valence-corrected chi connectivity index (χ1v) is 11.0. The van der Waals surface area contributed by atoms with Crippen LogP contribution in [0.5, 0.6) is 0 Å². The molecule has 0 fully saturated rings. The topological polar surface area (TPSA) is 84.0 Å². The number of nitrogens with zero attached hydrogens (tertiary/aromatic N) is 2. The van der Waals surface area contributed by atoms with Crippen molar-refractivity contribution in [1.29, 1.82) is 0 Å². The first kappa shape index (κ1) is 19.8. The van der Waals surface area contributed by atoms with Crippen molar-refractivity contribution in [2.45, 2.75) is 25.3 Å². The normalized spacial score (nSPS) is 11.4. The lowest BCUT2D eigenvalue weighted by Crippen LogP contribution is -2.17. The van der Waals surface area contributed by atoms with Gasteiger partial charge < -0.3 is 5.32 Å². The molecule has 0 radical (unpaired) electrons. The maximum Gasteiger partial charge on any atom is 0.266 e. The molecule has 0 saturated carbocycles. The van der Waals surface area contributed by atoms with E-state index < -0.39 is 10.0 Å². The fourth-order valence-electron chi connectivity index (χ4n) is 3.34. The van der Waals surface area contributed by atoms with Crippen LogP contribution in [0.1, 0.15) is 17.0 Å². The van der Waals surface area contributed by atoms with Crippen molar-refractivity contribution in [3.63, 3.8) is 0 Å². The van der Waals surface area contributed by atoms with Crippen LogP contribution in [0.2, 0.25) is 0 Å². The maximum absolute atomic E-state index is 13.0. The van der Waals surface area contributed by atoms with Gasteiger partial charge in [-0.1, -0.05) is 48.5 Å². The molecule has 6 nitrogen and oxygen atoms in total. The first-order chi connectivity index (χ1) is 14.4. The molecular formula is C23H22N4O2S. The van der Waals surface area contributed by atoms with Crippen molar-refractivity contribution in [2.24, 2.45) is 0 Å². The number of benzene rings is 3. The van der Waals surface area contributed by atoms with Gasteiger partial charge in [0.05, 0.1) is 5.69 Å². The highest BCUT2D eigenvalue weighted by Crippen LogP contribution is 2.24. The molecule has 0 aliphatic carbocycles. The van der Waals surface area contributed by atoms with Crippen LogP contribution in [0, 0.1) is 13.8 Å². The van der Waals surface area contributed by atoms with Gasteiger partial charge in [-0.15, -0.1) is 0 Å². The molecule has 0 bridgehead atoms. The molecule has 0 aliphatic rings. The van der Waals surface area contributed by atoms with E-state index in [1.807, 2.05) is 18.2 Å². The number of sulfonamides is 1. The van der Waals surface area contributed by atoms with Crippen LogP contribution in [-0.4, -0.2) is 18.4 Å². The summed E-state index contributed by atoms with van der Waals surface area (Å²) >= 11 is 0. The van der Waals surface area contributed by atoms with Gasteiger partial charge in [0.2, 0.25) is 5.95 Å². The molecular weight excluding hydrogens is 396 g/mol. The summed E-state index contributed by atoms with van der Waals surface area (Å²) in [6, 6.07) is 22.9. The van der Waals surface area contributed by atoms with Gasteiger partial charge in [0, 0.05) is 17.9 Å². The van der Waals surface area contributed by atoms with E-state index in [0.717, 1.165) is 10.9 Å². The molecule has 0 amide bonds. The number of aryl methyl sites for hydroxylation is 2. The second-order valence-corrected chi connectivity index (χ2v) is 8.76. The van der Waals surface area contributed by atoms with Crippen LogP contribution >= 0.6 is 0 Å². The van der Waals surface area contributed by atoms with Crippen LogP contribution in [0.3, 0.4) is 0 Å². The molecule has 30 heavy (non-hydrogen) atoms. The second-order valence-electron chi connectivity index (χ2n) is 7.11. The number of rotatable bonds is 6. The van der Waals surface area contributed by atoms with Crippen molar-refractivity contribution in [1.82, 2.24) is 9.97 Å². The van der Waals surface area contributed by atoms with Crippen molar-refractivity contribution in [3.8, 4) is 0 Å². The Bertz CT molecular complexity index is 1300. The summed E-state index contributed by atoms with van der Waals surface area (Å²) in [5.74, 6) is 0.0665. The Morgan fingerprint density at radius 2 is 1.47 bits per heavy atom. The molecule has 0 saturated heterocycles. The minimum Gasteiger partial charge on any atom is -0.380 e. The Morgan fingerprint density at radius 1 is 0.800 bits per heavy atom. The van der Waals surface area contributed by atoms with E-state index in [1.54, 1.807) is 44.2 Å². The molecule has 3 aromatic carbocycles. The van der Waals surface area contributed by atoms with E-state index >= 15 is 0 Å². The van der Waals surface area contributed by atoms with Gasteiger partial charge in [-0.25, -0.2) is 23.1 Å². The highest BCUT2D eigenvalue weighted by Gasteiger charge is 2.20. The number of aromatic nitrogens is 2. The third-order valence-electron chi connectivity index (χ3n) is 4.68. The predicted molar refractivity (Wildman–Crippen MR) is 120 cm³/mol. The van der Waals surface area contributed by atoms with E-state index in [2.05, 4.69) is 44.3 Å². The fourth-order valence-corrected chi connectivity index (χ4v) is 4.47. The van der Waals surface area contributed by atoms with Crippen LogP contribution in [-0.2, 0) is 16.6 Å². The molecule has 0 aliphatic heterocycles. The van der Waals surface area contributed by atoms with Gasteiger partial charge in [0.1, 0.15) is 4.90 Å². The smallest absolute Gasteiger partial charge is 0.266 e. The van der Waals surface area contributed by atoms with E-state index in [4.69, 9.17) is 0 Å². The summed E-state index contributed by atoms with van der Waals surface area (Å²) in [6.45, 7) is 4.09. The molecule has 0 atom stereocenters. The third-order valence-corrected chi connectivity index (χ3v) is 6.07. The van der Waals surface area contributed by atoms with Crippen molar-refractivity contribution < 1.29 is 8.42 Å². The highest BCUT2D eigenvalue weighted by atomic mass is 32.2. The average Bonchev–Trinajstić information content (AvgIpc) is 2.71. The van der Waals surface area contributed by atoms with Gasteiger partial charge in [-0.05, 0) is 54.4 Å². The van der Waals surface area contributed by atoms with Gasteiger partial charge in [0.25, 0.3) is 10.0 Å². The van der Waals surface area contributed by atoms with Gasteiger partial charge in [0.15, 0.2) is 0 Å². The zero-order chi connectivity index (χ0) is 21.1. The number of para-hydroxylation sites is 1. The predicted octanol–water partition coefficient (Wildman–Crippen LogP) is 4.66. The summed E-state index contributed by atoms with van der Waals surface area (Å²) in [5.41, 5.74) is 2.97. The standard InChI is InChI=1S/C23H22N4O2S/c1-16-13-17(2)26-23(25-16)27-30(28,29)22-10-6-5-9-21(22)24-15-18-11-12-19-7-3-4-8-20(19)14-18/h3-14,24H,15H2,1-2H3,(H,25,26,27). The minimum absolute atomic E-state index is 0.0665.